The van der Waals surface area contributed by atoms with E-state index in [-0.39, 0.29) is 11.9 Å². The molecule has 0 fully saturated rings. The van der Waals surface area contributed by atoms with Gasteiger partial charge in [0.15, 0.2) is 0 Å². The van der Waals surface area contributed by atoms with E-state index in [1.807, 2.05) is 6.07 Å². The molecule has 2 aromatic carbocycles. The van der Waals surface area contributed by atoms with Gasteiger partial charge in [0.2, 0.25) is 0 Å². The Hall–Kier alpha value is -4.18. The number of anilines is 3. The van der Waals surface area contributed by atoms with Gasteiger partial charge in [-0.3, -0.25) is 9.78 Å². The van der Waals surface area contributed by atoms with Crippen molar-refractivity contribution >= 4 is 28.9 Å². The topological polar surface area (TPSA) is 104 Å². The highest BCUT2D eigenvalue weighted by Gasteiger charge is 2.11. The van der Waals surface area contributed by atoms with Crippen LogP contribution >= 0.6 is 0 Å². The van der Waals surface area contributed by atoms with Gasteiger partial charge in [-0.25, -0.2) is 4.79 Å². The van der Waals surface area contributed by atoms with E-state index in [2.05, 4.69) is 15.6 Å². The Morgan fingerprint density at radius 2 is 1.79 bits per heavy atom. The molecule has 1 heterocycles. The van der Waals surface area contributed by atoms with E-state index in [9.17, 15) is 9.59 Å². The van der Waals surface area contributed by atoms with Gasteiger partial charge >= 0.3 is 5.97 Å². The molecule has 7 nitrogen and oxygen atoms in total. The van der Waals surface area contributed by atoms with Gasteiger partial charge in [-0.15, -0.1) is 0 Å². The minimum atomic E-state index is -0.378. The number of ether oxygens (including phenoxy) is 1. The predicted octanol–water partition coefficient (Wildman–Crippen LogP) is 4.13. The highest BCUT2D eigenvalue weighted by Crippen LogP contribution is 2.19. The third-order valence-electron chi connectivity index (χ3n) is 3.98. The van der Waals surface area contributed by atoms with Crippen LogP contribution in [-0.4, -0.2) is 23.5 Å². The van der Waals surface area contributed by atoms with Crippen molar-refractivity contribution in [2.75, 3.05) is 17.2 Å². The summed E-state index contributed by atoms with van der Waals surface area (Å²) in [7, 11) is 0. The number of carbonyl (C=O) groups excluding carboxylic acids is 2. The number of hydrogen-bond acceptors (Lipinski definition) is 6. The van der Waals surface area contributed by atoms with Crippen LogP contribution < -0.4 is 10.6 Å². The molecule has 0 saturated carbocycles. The van der Waals surface area contributed by atoms with Crippen LogP contribution in [-0.2, 0) is 4.74 Å². The molecule has 0 aliphatic carbocycles. The van der Waals surface area contributed by atoms with Gasteiger partial charge in [-0.1, -0.05) is 12.1 Å². The monoisotopic (exact) mass is 386 g/mol. The van der Waals surface area contributed by atoms with E-state index < -0.39 is 0 Å². The highest BCUT2D eigenvalue weighted by molar-refractivity contribution is 6.05. The van der Waals surface area contributed by atoms with Gasteiger partial charge in [0.1, 0.15) is 6.07 Å². The predicted molar refractivity (Wildman–Crippen MR) is 109 cm³/mol. The second kappa shape index (κ2) is 9.15. The van der Waals surface area contributed by atoms with Crippen molar-refractivity contribution in [2.45, 2.75) is 6.92 Å². The van der Waals surface area contributed by atoms with Gasteiger partial charge in [-0.05, 0) is 49.4 Å². The largest absolute Gasteiger partial charge is 0.462 e. The average Bonchev–Trinajstić information content (AvgIpc) is 2.75. The van der Waals surface area contributed by atoms with Gasteiger partial charge in [0, 0.05) is 11.9 Å². The van der Waals surface area contributed by atoms with E-state index >= 15 is 0 Å². The SMILES string of the molecule is CCOC(=O)c1ccc(Nc2cncc(C(=O)Nc3ccccc3C#N)c2)cc1. The molecule has 1 amide bonds. The van der Waals surface area contributed by atoms with E-state index in [0.717, 1.165) is 5.69 Å². The van der Waals surface area contributed by atoms with Gasteiger partial charge in [0.25, 0.3) is 5.91 Å². The standard InChI is InChI=1S/C22H18N4O3/c1-2-29-22(28)15-7-9-18(10-8-15)25-19-11-17(13-24-14-19)21(27)26-20-6-4-3-5-16(20)12-23/h3-11,13-14,25H,2H2,1H3,(H,26,27). The van der Waals surface area contributed by atoms with Crippen molar-refractivity contribution in [1.82, 2.24) is 4.98 Å². The van der Waals surface area contributed by atoms with Gasteiger partial charge in [0.05, 0.1) is 40.9 Å². The lowest BCUT2D eigenvalue weighted by Crippen LogP contribution is -2.13. The Morgan fingerprint density at radius 1 is 1.03 bits per heavy atom. The Bertz CT molecular complexity index is 1070. The lowest BCUT2D eigenvalue weighted by atomic mass is 10.1. The number of aromatic nitrogens is 1. The van der Waals surface area contributed by atoms with Crippen molar-refractivity contribution < 1.29 is 14.3 Å². The number of nitrogens with one attached hydrogen (secondary N) is 2. The van der Waals surface area contributed by atoms with Crippen LogP contribution in [0.2, 0.25) is 0 Å². The van der Waals surface area contributed by atoms with Crippen molar-refractivity contribution in [3.63, 3.8) is 0 Å². The van der Waals surface area contributed by atoms with E-state index in [0.29, 0.717) is 34.7 Å². The summed E-state index contributed by atoms with van der Waals surface area (Å²) in [5.41, 5.74) is 2.95. The number of pyridine rings is 1. The minimum Gasteiger partial charge on any atom is -0.462 e. The highest BCUT2D eigenvalue weighted by atomic mass is 16.5. The molecule has 29 heavy (non-hydrogen) atoms. The molecule has 3 rings (SSSR count). The molecule has 7 heteroatoms. The van der Waals surface area contributed by atoms with E-state index in [1.54, 1.807) is 67.7 Å². The Morgan fingerprint density at radius 3 is 2.52 bits per heavy atom. The molecule has 3 aromatic rings. The van der Waals surface area contributed by atoms with Crippen molar-refractivity contribution in [3.05, 3.63) is 83.7 Å². The maximum absolute atomic E-state index is 12.5. The summed E-state index contributed by atoms with van der Waals surface area (Å²) in [4.78, 5) is 28.3. The third kappa shape index (κ3) is 4.96. The Labute approximate surface area is 168 Å². The fourth-order valence-electron chi connectivity index (χ4n) is 2.59. The number of benzene rings is 2. The lowest BCUT2D eigenvalue weighted by Gasteiger charge is -2.10. The van der Waals surface area contributed by atoms with Crippen LogP contribution in [0.3, 0.4) is 0 Å². The summed E-state index contributed by atoms with van der Waals surface area (Å²) in [6, 6.07) is 17.2. The van der Waals surface area contributed by atoms with Crippen LogP contribution in [0.15, 0.2) is 67.0 Å². The second-order valence-electron chi connectivity index (χ2n) is 6.00. The second-order valence-corrected chi connectivity index (χ2v) is 6.00. The summed E-state index contributed by atoms with van der Waals surface area (Å²) < 4.78 is 4.96. The molecule has 0 aliphatic heterocycles. The number of carbonyl (C=O) groups is 2. The van der Waals surface area contributed by atoms with E-state index in [4.69, 9.17) is 10.00 Å². The fraction of sp³-hybridized carbons (Fsp3) is 0.0909. The van der Waals surface area contributed by atoms with Crippen LogP contribution in [0, 0.1) is 11.3 Å². The third-order valence-corrected chi connectivity index (χ3v) is 3.98. The first kappa shape index (κ1) is 19.6. The zero-order valence-corrected chi connectivity index (χ0v) is 15.7. The smallest absolute Gasteiger partial charge is 0.338 e. The van der Waals surface area contributed by atoms with Crippen molar-refractivity contribution in [3.8, 4) is 6.07 Å². The summed E-state index contributed by atoms with van der Waals surface area (Å²) in [6.45, 7) is 2.07. The molecule has 0 atom stereocenters. The van der Waals surface area contributed by atoms with Gasteiger partial charge < -0.3 is 15.4 Å². The fourth-order valence-corrected chi connectivity index (χ4v) is 2.59. The van der Waals surface area contributed by atoms with Crippen LogP contribution in [0.25, 0.3) is 0 Å². The summed E-state index contributed by atoms with van der Waals surface area (Å²) in [5, 5.41) is 15.0. The minimum absolute atomic E-state index is 0.318. The molecule has 0 radical (unpaired) electrons. The van der Waals surface area contributed by atoms with Gasteiger partial charge in [-0.2, -0.15) is 5.26 Å². The lowest BCUT2D eigenvalue weighted by molar-refractivity contribution is 0.0526. The molecule has 144 valence electrons. The zero-order chi connectivity index (χ0) is 20.6. The molecule has 0 unspecified atom stereocenters. The molecular weight excluding hydrogens is 368 g/mol. The first-order valence-electron chi connectivity index (χ1n) is 8.90. The number of rotatable bonds is 6. The summed E-state index contributed by atoms with van der Waals surface area (Å²) in [5.74, 6) is -0.751. The first-order chi connectivity index (χ1) is 14.1. The number of nitriles is 1. The maximum Gasteiger partial charge on any atom is 0.338 e. The Kier molecular flexibility index (Phi) is 6.18. The quantitative estimate of drug-likeness (QED) is 0.618. The van der Waals surface area contributed by atoms with Crippen molar-refractivity contribution in [1.29, 1.82) is 5.26 Å². The molecule has 2 N–H and O–H groups in total. The zero-order valence-electron chi connectivity index (χ0n) is 15.7. The number of amides is 1. The van der Waals surface area contributed by atoms with Crippen LogP contribution in [0.5, 0.6) is 0 Å². The molecule has 0 aliphatic rings. The van der Waals surface area contributed by atoms with Crippen LogP contribution in [0.1, 0.15) is 33.2 Å². The number of nitrogens with zero attached hydrogens (tertiary/aromatic N) is 2. The number of para-hydroxylation sites is 1. The summed E-state index contributed by atoms with van der Waals surface area (Å²) >= 11 is 0. The van der Waals surface area contributed by atoms with Crippen LogP contribution in [0.4, 0.5) is 17.1 Å². The Balaban J connectivity index is 1.72. The molecule has 0 bridgehead atoms. The molecule has 0 spiro atoms. The number of hydrogen-bond donors (Lipinski definition) is 2. The maximum atomic E-state index is 12.5. The van der Waals surface area contributed by atoms with E-state index in [1.165, 1.54) is 6.20 Å². The molecule has 0 saturated heterocycles. The van der Waals surface area contributed by atoms with Crippen molar-refractivity contribution in [2.24, 2.45) is 0 Å². The summed E-state index contributed by atoms with van der Waals surface area (Å²) in [6.07, 6.45) is 3.03. The number of esters is 1. The first-order valence-corrected chi connectivity index (χ1v) is 8.90. The normalized spacial score (nSPS) is 9.93. The average molecular weight is 386 g/mol. The molecule has 1 aromatic heterocycles. The molecular formula is C22H18N4O3.